The van der Waals surface area contributed by atoms with Crippen molar-refractivity contribution in [1.82, 2.24) is 5.32 Å². The molecule has 102 valence electrons. The molecular formula is C15H18BrNS2. The van der Waals surface area contributed by atoms with Crippen LogP contribution in [0.3, 0.4) is 0 Å². The summed E-state index contributed by atoms with van der Waals surface area (Å²) in [6.07, 6.45) is 5.05. The van der Waals surface area contributed by atoms with Crippen molar-refractivity contribution in [1.29, 1.82) is 0 Å². The average molecular weight is 356 g/mol. The van der Waals surface area contributed by atoms with Gasteiger partial charge >= 0.3 is 0 Å². The van der Waals surface area contributed by atoms with Crippen LogP contribution in [0.15, 0.2) is 27.4 Å². The maximum Gasteiger partial charge on any atom is 0.0314 e. The molecule has 0 amide bonds. The maximum absolute atomic E-state index is 3.66. The van der Waals surface area contributed by atoms with Crippen LogP contribution in [0.2, 0.25) is 0 Å². The quantitative estimate of drug-likeness (QED) is 0.828. The third kappa shape index (κ3) is 2.82. The Morgan fingerprint density at radius 2 is 2.21 bits per heavy atom. The second-order valence-corrected chi connectivity index (χ2v) is 7.94. The summed E-state index contributed by atoms with van der Waals surface area (Å²) in [6, 6.07) is 5.05. The van der Waals surface area contributed by atoms with Gasteiger partial charge in [-0.1, -0.05) is 0 Å². The van der Waals surface area contributed by atoms with E-state index in [-0.39, 0.29) is 0 Å². The number of hydrogen-bond donors (Lipinski definition) is 1. The van der Waals surface area contributed by atoms with Gasteiger partial charge in [0.25, 0.3) is 0 Å². The first-order chi connectivity index (χ1) is 9.29. The van der Waals surface area contributed by atoms with Gasteiger partial charge in [-0.05, 0) is 77.1 Å². The molecule has 0 bridgehead atoms. The van der Waals surface area contributed by atoms with Gasteiger partial charge in [0.05, 0.1) is 0 Å². The number of aryl methyl sites for hydroxylation is 1. The molecule has 19 heavy (non-hydrogen) atoms. The highest BCUT2D eigenvalue weighted by atomic mass is 79.9. The van der Waals surface area contributed by atoms with Crippen molar-refractivity contribution in [2.45, 2.75) is 37.6 Å². The highest BCUT2D eigenvalue weighted by Gasteiger charge is 2.28. The summed E-state index contributed by atoms with van der Waals surface area (Å²) in [5.74, 6) is 0.675. The first-order valence-electron chi connectivity index (χ1n) is 6.75. The van der Waals surface area contributed by atoms with Crippen LogP contribution < -0.4 is 5.32 Å². The molecule has 2 atom stereocenters. The van der Waals surface area contributed by atoms with Crippen LogP contribution in [0.4, 0.5) is 0 Å². The van der Waals surface area contributed by atoms with E-state index < -0.39 is 0 Å². The Bertz CT molecular complexity index is 546. The lowest BCUT2D eigenvalue weighted by Gasteiger charge is -2.30. The molecule has 2 unspecified atom stereocenters. The molecule has 0 aromatic carbocycles. The van der Waals surface area contributed by atoms with Gasteiger partial charge in [-0.3, -0.25) is 0 Å². The fourth-order valence-corrected chi connectivity index (χ4v) is 5.63. The Balaban J connectivity index is 1.82. The summed E-state index contributed by atoms with van der Waals surface area (Å²) in [7, 11) is 2.10. The van der Waals surface area contributed by atoms with E-state index in [9.17, 15) is 0 Å². The lowest BCUT2D eigenvalue weighted by atomic mass is 9.81. The van der Waals surface area contributed by atoms with Crippen LogP contribution in [0.25, 0.3) is 0 Å². The molecule has 1 nitrogen and oxygen atoms in total. The van der Waals surface area contributed by atoms with Crippen molar-refractivity contribution in [2.75, 3.05) is 7.05 Å². The number of thiophene rings is 2. The minimum Gasteiger partial charge on any atom is -0.316 e. The Morgan fingerprint density at radius 3 is 2.95 bits per heavy atom. The van der Waals surface area contributed by atoms with E-state index in [1.807, 2.05) is 22.7 Å². The molecule has 1 N–H and O–H groups in total. The minimum absolute atomic E-state index is 0.545. The molecule has 2 aromatic rings. The van der Waals surface area contributed by atoms with E-state index in [1.54, 1.807) is 10.4 Å². The van der Waals surface area contributed by atoms with Crippen molar-refractivity contribution in [3.8, 4) is 0 Å². The van der Waals surface area contributed by atoms with Crippen molar-refractivity contribution in [3.63, 3.8) is 0 Å². The van der Waals surface area contributed by atoms with Crippen molar-refractivity contribution >= 4 is 38.6 Å². The fourth-order valence-electron chi connectivity index (χ4n) is 3.06. The van der Waals surface area contributed by atoms with Gasteiger partial charge in [0, 0.05) is 26.2 Å². The predicted octanol–water partition coefficient (Wildman–Crippen LogP) is 4.82. The zero-order chi connectivity index (χ0) is 13.2. The Kier molecular flexibility index (Phi) is 4.42. The number of rotatable bonds is 4. The normalized spacial score (nSPS) is 20.2. The van der Waals surface area contributed by atoms with Crippen LogP contribution in [0.1, 0.15) is 34.1 Å². The Morgan fingerprint density at radius 1 is 1.37 bits per heavy atom. The first-order valence-corrected chi connectivity index (χ1v) is 9.30. The first kappa shape index (κ1) is 13.8. The van der Waals surface area contributed by atoms with Gasteiger partial charge in [0.15, 0.2) is 0 Å². The average Bonchev–Trinajstić information content (AvgIpc) is 3.04. The molecule has 0 aliphatic heterocycles. The molecule has 0 saturated carbocycles. The second kappa shape index (κ2) is 6.08. The van der Waals surface area contributed by atoms with Crippen molar-refractivity contribution < 1.29 is 0 Å². The maximum atomic E-state index is 3.66. The van der Waals surface area contributed by atoms with E-state index in [2.05, 4.69) is 51.2 Å². The highest BCUT2D eigenvalue weighted by molar-refractivity contribution is 9.10. The van der Waals surface area contributed by atoms with Gasteiger partial charge in [0.1, 0.15) is 0 Å². The summed E-state index contributed by atoms with van der Waals surface area (Å²) in [5.41, 5.74) is 1.60. The molecule has 2 aromatic heterocycles. The summed E-state index contributed by atoms with van der Waals surface area (Å²) >= 11 is 7.45. The van der Waals surface area contributed by atoms with E-state index in [0.717, 1.165) is 6.42 Å². The number of nitrogens with one attached hydrogen (secondary N) is 1. The molecule has 2 heterocycles. The van der Waals surface area contributed by atoms with Crippen LogP contribution in [-0.4, -0.2) is 13.1 Å². The van der Waals surface area contributed by atoms with E-state index in [0.29, 0.717) is 12.0 Å². The number of hydrogen-bond acceptors (Lipinski definition) is 3. The Hall–Kier alpha value is -0.160. The van der Waals surface area contributed by atoms with Gasteiger partial charge < -0.3 is 5.32 Å². The highest BCUT2D eigenvalue weighted by Crippen LogP contribution is 2.38. The largest absolute Gasteiger partial charge is 0.316 e. The van der Waals surface area contributed by atoms with E-state index >= 15 is 0 Å². The molecule has 4 heteroatoms. The molecule has 3 rings (SSSR count). The number of fused-ring (bicyclic) bond motifs is 1. The van der Waals surface area contributed by atoms with Crippen LogP contribution in [-0.2, 0) is 12.8 Å². The Labute approximate surface area is 131 Å². The topological polar surface area (TPSA) is 12.0 Å². The van der Waals surface area contributed by atoms with E-state index in [4.69, 9.17) is 0 Å². The summed E-state index contributed by atoms with van der Waals surface area (Å²) in [6.45, 7) is 0. The van der Waals surface area contributed by atoms with Crippen LogP contribution >= 0.6 is 38.6 Å². The van der Waals surface area contributed by atoms with Gasteiger partial charge in [-0.2, -0.15) is 0 Å². The number of likely N-dealkylation sites (N-methyl/N-ethyl adjacent to an activating group) is 1. The summed E-state index contributed by atoms with van der Waals surface area (Å²) in [4.78, 5) is 3.07. The molecule has 0 fully saturated rings. The fraction of sp³-hybridized carbons (Fsp3) is 0.467. The van der Waals surface area contributed by atoms with E-state index in [1.165, 1.54) is 28.6 Å². The lowest BCUT2D eigenvalue weighted by molar-refractivity contribution is 0.415. The summed E-state index contributed by atoms with van der Waals surface area (Å²) in [5, 5.41) is 7.99. The molecule has 0 spiro atoms. The van der Waals surface area contributed by atoms with Crippen LogP contribution in [0, 0.1) is 0 Å². The third-order valence-corrected chi connectivity index (χ3v) is 7.00. The predicted molar refractivity (Wildman–Crippen MR) is 88.6 cm³/mol. The molecule has 0 radical (unpaired) electrons. The zero-order valence-electron chi connectivity index (χ0n) is 11.0. The number of halogens is 1. The zero-order valence-corrected chi connectivity index (χ0v) is 14.2. The summed E-state index contributed by atoms with van der Waals surface area (Å²) < 4.78 is 1.26. The molecule has 1 aliphatic rings. The molecule has 1 aliphatic carbocycles. The lowest BCUT2D eigenvalue weighted by Crippen LogP contribution is -2.35. The van der Waals surface area contributed by atoms with Crippen molar-refractivity contribution in [2.24, 2.45) is 0 Å². The van der Waals surface area contributed by atoms with Gasteiger partial charge in [0.2, 0.25) is 0 Å². The van der Waals surface area contributed by atoms with Crippen LogP contribution in [0.5, 0.6) is 0 Å². The minimum atomic E-state index is 0.545. The molecular weight excluding hydrogens is 338 g/mol. The SMILES string of the molecule is CNC(Cc1sccc1Br)C1CCCc2sccc21. The van der Waals surface area contributed by atoms with Gasteiger partial charge in [-0.15, -0.1) is 22.7 Å². The monoisotopic (exact) mass is 355 g/mol. The van der Waals surface area contributed by atoms with Crippen molar-refractivity contribution in [3.05, 3.63) is 42.7 Å². The smallest absolute Gasteiger partial charge is 0.0314 e. The second-order valence-electron chi connectivity index (χ2n) is 5.09. The molecule has 0 saturated heterocycles. The van der Waals surface area contributed by atoms with Gasteiger partial charge in [-0.25, -0.2) is 0 Å². The third-order valence-electron chi connectivity index (χ3n) is 4.05. The standard InChI is InChI=1S/C15H18BrNS2/c1-17-13(9-15-12(16)6-8-19-15)10-3-2-4-14-11(10)5-7-18-14/h5-8,10,13,17H,2-4,9H2,1H3.